The summed E-state index contributed by atoms with van der Waals surface area (Å²) in [6.07, 6.45) is 2.03. The summed E-state index contributed by atoms with van der Waals surface area (Å²) in [5.41, 5.74) is 0. The number of hydrogen-bond acceptors (Lipinski definition) is 1. The van der Waals surface area contributed by atoms with Gasteiger partial charge in [-0.2, -0.15) is 0 Å². The molecule has 1 aromatic rings. The second kappa shape index (κ2) is 6.07. The van der Waals surface area contributed by atoms with Gasteiger partial charge in [0.15, 0.2) is 0 Å². The Labute approximate surface area is 121 Å². The van der Waals surface area contributed by atoms with Crippen molar-refractivity contribution in [3.8, 4) is 5.75 Å². The van der Waals surface area contributed by atoms with E-state index in [1.807, 2.05) is 27.7 Å². The van der Waals surface area contributed by atoms with Gasteiger partial charge in [-0.15, -0.1) is 0 Å². The normalized spacial score (nSPS) is 13.9. The molecule has 0 amide bonds. The van der Waals surface area contributed by atoms with E-state index in [1.54, 1.807) is 0 Å². The zero-order valence-corrected chi connectivity index (χ0v) is 13.5. The molecule has 7 heteroatoms. The summed E-state index contributed by atoms with van der Waals surface area (Å²) in [5.74, 6) is -11.1. The van der Waals surface area contributed by atoms with Crippen LogP contribution >= 0.6 is 6.83 Å². The number of rotatable bonds is 6. The molecule has 1 rings (SSSR count). The topological polar surface area (TPSA) is 9.23 Å². The molecule has 0 radical (unpaired) electrons. The van der Waals surface area contributed by atoms with Crippen molar-refractivity contribution in [3.63, 3.8) is 0 Å². The molecule has 1 aromatic carbocycles. The summed E-state index contributed by atoms with van der Waals surface area (Å²) >= 11 is 0. The fraction of sp³-hybridized carbons (Fsp3) is 0.571. The fourth-order valence-electron chi connectivity index (χ4n) is 2.52. The standard InChI is InChI=1S/C14H20F5OP/c1-5-21(6-2,7-3,8-4)20-14-12(18)10(16)9(15)11(17)13(14)19/h5-8H2,1-4H3. The van der Waals surface area contributed by atoms with Crippen molar-refractivity contribution < 1.29 is 26.5 Å². The molecule has 0 aliphatic rings. The van der Waals surface area contributed by atoms with Crippen molar-refractivity contribution >= 4 is 6.83 Å². The molecule has 0 bridgehead atoms. The first kappa shape index (κ1) is 18.1. The van der Waals surface area contributed by atoms with Gasteiger partial charge in [0.25, 0.3) is 0 Å². The van der Waals surface area contributed by atoms with Gasteiger partial charge in [-0.25, -0.2) is 0 Å². The van der Waals surface area contributed by atoms with Gasteiger partial charge < -0.3 is 0 Å². The van der Waals surface area contributed by atoms with Crippen LogP contribution in [-0.4, -0.2) is 24.6 Å². The Morgan fingerprint density at radius 1 is 0.619 bits per heavy atom. The third-order valence-corrected chi connectivity index (χ3v) is 11.8. The van der Waals surface area contributed by atoms with Gasteiger partial charge in [-0.3, -0.25) is 0 Å². The summed E-state index contributed by atoms with van der Waals surface area (Å²) in [5, 5.41) is 0. The van der Waals surface area contributed by atoms with E-state index < -0.39 is 41.7 Å². The van der Waals surface area contributed by atoms with E-state index >= 15 is 0 Å². The van der Waals surface area contributed by atoms with E-state index in [2.05, 4.69) is 0 Å². The quantitative estimate of drug-likeness (QED) is 0.297. The van der Waals surface area contributed by atoms with E-state index in [4.69, 9.17) is 4.52 Å². The van der Waals surface area contributed by atoms with Crippen molar-refractivity contribution in [1.29, 1.82) is 0 Å². The maximum absolute atomic E-state index is 13.8. The van der Waals surface area contributed by atoms with Gasteiger partial charge in [0, 0.05) is 0 Å². The molecule has 0 aromatic heterocycles. The Kier molecular flexibility index (Phi) is 5.25. The molecule has 0 aliphatic carbocycles. The van der Waals surface area contributed by atoms with Crippen LogP contribution in [0.3, 0.4) is 0 Å². The predicted octanol–water partition coefficient (Wildman–Crippen LogP) is 5.31. The zero-order valence-electron chi connectivity index (χ0n) is 12.6. The van der Waals surface area contributed by atoms with Crippen LogP contribution in [0.25, 0.3) is 0 Å². The molecule has 122 valence electrons. The van der Waals surface area contributed by atoms with Crippen molar-refractivity contribution in [2.24, 2.45) is 0 Å². The monoisotopic (exact) mass is 330 g/mol. The average molecular weight is 330 g/mol. The number of hydrogen-bond donors (Lipinski definition) is 0. The number of halogens is 5. The predicted molar refractivity (Wildman–Crippen MR) is 75.9 cm³/mol. The van der Waals surface area contributed by atoms with Gasteiger partial charge in [0.1, 0.15) is 0 Å². The summed E-state index contributed by atoms with van der Waals surface area (Å²) in [4.78, 5) is 0. The molecule has 0 aliphatic heterocycles. The first-order valence-corrected chi connectivity index (χ1v) is 9.82. The summed E-state index contributed by atoms with van der Waals surface area (Å²) < 4.78 is 72.9. The molecular formula is C14H20F5OP. The second-order valence-corrected chi connectivity index (χ2v) is 11.5. The van der Waals surface area contributed by atoms with Crippen LogP contribution in [0.4, 0.5) is 22.0 Å². The van der Waals surface area contributed by atoms with Crippen molar-refractivity contribution in [1.82, 2.24) is 0 Å². The third-order valence-electron chi connectivity index (χ3n) is 4.72. The van der Waals surface area contributed by atoms with Crippen LogP contribution < -0.4 is 4.52 Å². The molecule has 0 fully saturated rings. The molecule has 0 saturated carbocycles. The Hall–Kier alpha value is -0.900. The Bertz CT molecular complexity index is 490. The third kappa shape index (κ3) is 2.75. The molecule has 1 nitrogen and oxygen atoms in total. The molecule has 0 N–H and O–H groups in total. The average Bonchev–Trinajstić information content (AvgIpc) is 2.53. The van der Waals surface area contributed by atoms with Crippen LogP contribution in [0.15, 0.2) is 0 Å². The molecular weight excluding hydrogens is 310 g/mol. The van der Waals surface area contributed by atoms with Crippen molar-refractivity contribution in [2.45, 2.75) is 27.7 Å². The van der Waals surface area contributed by atoms with Gasteiger partial charge >= 0.3 is 120 Å². The summed E-state index contributed by atoms with van der Waals surface area (Å²) in [7, 11) is 0. The fourth-order valence-corrected chi connectivity index (χ4v) is 6.40. The molecule has 0 unspecified atom stereocenters. The molecule has 21 heavy (non-hydrogen) atoms. The Balaban J connectivity index is 3.56. The Morgan fingerprint density at radius 2 is 0.905 bits per heavy atom. The first-order chi connectivity index (χ1) is 9.70. The summed E-state index contributed by atoms with van der Waals surface area (Å²) in [6, 6.07) is 0. The van der Waals surface area contributed by atoms with Crippen molar-refractivity contribution in [2.75, 3.05) is 24.6 Å². The van der Waals surface area contributed by atoms with Crippen molar-refractivity contribution in [3.05, 3.63) is 29.1 Å². The zero-order chi connectivity index (χ0) is 16.4. The van der Waals surface area contributed by atoms with Gasteiger partial charge in [-0.1, -0.05) is 0 Å². The first-order valence-electron chi connectivity index (χ1n) is 6.92. The van der Waals surface area contributed by atoms with E-state index in [1.165, 1.54) is 0 Å². The molecule has 0 heterocycles. The van der Waals surface area contributed by atoms with E-state index in [-0.39, 0.29) is 0 Å². The SMILES string of the molecule is CCP(CC)(CC)(CC)Oc1c(F)c(F)c(F)c(F)c1F. The number of benzene rings is 1. The summed E-state index contributed by atoms with van der Waals surface area (Å²) in [6.45, 7) is 4.25. The second-order valence-electron chi connectivity index (χ2n) is 5.11. The minimum atomic E-state index is -3.03. The minimum absolute atomic E-state index is 0.509. The van der Waals surface area contributed by atoms with Crippen LogP contribution in [-0.2, 0) is 0 Å². The van der Waals surface area contributed by atoms with E-state index in [9.17, 15) is 22.0 Å². The molecule has 0 spiro atoms. The molecule has 0 saturated heterocycles. The maximum atomic E-state index is 13.8. The van der Waals surface area contributed by atoms with Crippen LogP contribution in [0.1, 0.15) is 27.7 Å². The van der Waals surface area contributed by atoms with E-state index in [0.29, 0.717) is 24.6 Å². The van der Waals surface area contributed by atoms with Crippen LogP contribution in [0.2, 0.25) is 0 Å². The van der Waals surface area contributed by atoms with Gasteiger partial charge in [-0.05, 0) is 0 Å². The van der Waals surface area contributed by atoms with E-state index in [0.717, 1.165) is 0 Å². The van der Waals surface area contributed by atoms with Gasteiger partial charge in [0.05, 0.1) is 0 Å². The van der Waals surface area contributed by atoms with Crippen LogP contribution in [0, 0.1) is 29.1 Å². The molecule has 0 atom stereocenters. The Morgan fingerprint density at radius 3 is 1.19 bits per heavy atom. The van der Waals surface area contributed by atoms with Crippen LogP contribution in [0.5, 0.6) is 5.75 Å². The van der Waals surface area contributed by atoms with Gasteiger partial charge in [0.2, 0.25) is 0 Å².